The predicted molar refractivity (Wildman–Crippen MR) is 159 cm³/mol. The first kappa shape index (κ1) is 31.0. The van der Waals surface area contributed by atoms with Gasteiger partial charge in [0.05, 0.1) is 24.6 Å². The van der Waals surface area contributed by atoms with Crippen molar-refractivity contribution in [2.24, 2.45) is 0 Å². The van der Waals surface area contributed by atoms with Gasteiger partial charge in [0, 0.05) is 24.3 Å². The summed E-state index contributed by atoms with van der Waals surface area (Å²) in [4.78, 5) is 0.229. The summed E-state index contributed by atoms with van der Waals surface area (Å²) in [5, 5.41) is 9.77. The monoisotopic (exact) mass is 557 g/mol. The molecule has 0 radical (unpaired) electrons. The molecule has 0 aliphatic rings. The maximum atomic E-state index is 13.5. The molecule has 0 aliphatic carbocycles. The Kier molecular flexibility index (Phi) is 13.2. The van der Waals surface area contributed by atoms with Crippen LogP contribution in [0.1, 0.15) is 95.5 Å². The first-order chi connectivity index (χ1) is 19.0. The van der Waals surface area contributed by atoms with Crippen LogP contribution < -0.4 is 9.47 Å². The Morgan fingerprint density at radius 2 is 1.15 bits per heavy atom. The van der Waals surface area contributed by atoms with Crippen LogP contribution in [0, 0.1) is 0 Å². The van der Waals surface area contributed by atoms with Gasteiger partial charge in [-0.25, -0.2) is 12.4 Å². The molecule has 0 unspecified atom stereocenters. The fourth-order valence-corrected chi connectivity index (χ4v) is 6.56. The van der Waals surface area contributed by atoms with Crippen molar-refractivity contribution in [2.45, 2.75) is 101 Å². The van der Waals surface area contributed by atoms with Gasteiger partial charge in [0.15, 0.2) is 0 Å². The van der Waals surface area contributed by atoms with Crippen molar-refractivity contribution in [1.82, 2.24) is 3.97 Å². The molecule has 6 nitrogen and oxygen atoms in total. The van der Waals surface area contributed by atoms with Gasteiger partial charge in [-0.15, -0.1) is 0 Å². The summed E-state index contributed by atoms with van der Waals surface area (Å²) in [6.45, 7) is 0.329. The Morgan fingerprint density at radius 3 is 1.67 bits per heavy atom. The number of ether oxygens (including phenoxy) is 2. The molecule has 0 atom stereocenters. The molecule has 1 aromatic heterocycles. The van der Waals surface area contributed by atoms with Gasteiger partial charge in [0.25, 0.3) is 10.0 Å². The van der Waals surface area contributed by atoms with Crippen molar-refractivity contribution in [3.05, 3.63) is 54.2 Å². The van der Waals surface area contributed by atoms with Gasteiger partial charge in [-0.2, -0.15) is 0 Å². The maximum Gasteiger partial charge on any atom is 0.268 e. The summed E-state index contributed by atoms with van der Waals surface area (Å²) < 4.78 is 39.1. The van der Waals surface area contributed by atoms with Crippen molar-refractivity contribution in [3.8, 4) is 11.5 Å². The summed E-state index contributed by atoms with van der Waals surface area (Å²) in [5.41, 5.74) is 1.70. The normalized spacial score (nSPS) is 11.8. The minimum Gasteiger partial charge on any atom is -0.497 e. The van der Waals surface area contributed by atoms with Crippen LogP contribution in [0.4, 0.5) is 0 Å². The van der Waals surface area contributed by atoms with Crippen molar-refractivity contribution in [1.29, 1.82) is 0 Å². The molecule has 3 aromatic rings. The number of rotatable bonds is 20. The average molecular weight is 558 g/mol. The van der Waals surface area contributed by atoms with E-state index in [9.17, 15) is 8.42 Å². The molecular formula is C32H47NO5S. The highest BCUT2D eigenvalue weighted by Crippen LogP contribution is 2.31. The smallest absolute Gasteiger partial charge is 0.268 e. The Labute approximate surface area is 235 Å². The number of nitrogens with zero attached hydrogens (tertiary/aromatic N) is 1. The van der Waals surface area contributed by atoms with Crippen LogP contribution in [-0.2, 0) is 16.4 Å². The van der Waals surface area contributed by atoms with Crippen molar-refractivity contribution in [3.63, 3.8) is 0 Å². The van der Waals surface area contributed by atoms with Gasteiger partial charge in [-0.1, -0.05) is 77.0 Å². The Bertz CT molecular complexity index is 1220. The summed E-state index contributed by atoms with van der Waals surface area (Å²) >= 11 is 0. The van der Waals surface area contributed by atoms with E-state index in [1.165, 1.54) is 68.2 Å². The van der Waals surface area contributed by atoms with Gasteiger partial charge in [-0.05, 0) is 61.2 Å². The van der Waals surface area contributed by atoms with Gasteiger partial charge in [-0.3, -0.25) is 0 Å². The number of unbranched alkanes of at least 4 members (excludes halogenated alkanes) is 13. The molecule has 0 aliphatic heterocycles. The quantitative estimate of drug-likeness (QED) is 0.143. The lowest BCUT2D eigenvalue weighted by molar-refractivity contribution is 0.282. The second-order valence-corrected chi connectivity index (χ2v) is 12.3. The number of aryl methyl sites for hydroxylation is 1. The van der Waals surface area contributed by atoms with E-state index >= 15 is 0 Å². The fourth-order valence-electron chi connectivity index (χ4n) is 5.18. The topological polar surface area (TPSA) is 77.8 Å². The third-order valence-corrected chi connectivity index (χ3v) is 9.22. The van der Waals surface area contributed by atoms with Crippen LogP contribution in [-0.4, -0.2) is 38.3 Å². The second kappa shape index (κ2) is 16.6. The molecule has 0 spiro atoms. The number of hydrogen-bond donors (Lipinski definition) is 1. The minimum atomic E-state index is -3.76. The fraction of sp³-hybridized carbons (Fsp3) is 0.562. The third-order valence-electron chi connectivity index (χ3n) is 7.53. The lowest BCUT2D eigenvalue weighted by Crippen LogP contribution is -2.11. The highest BCUT2D eigenvalue weighted by atomic mass is 32.2. The molecule has 0 saturated carbocycles. The van der Waals surface area contributed by atoms with E-state index in [0.717, 1.165) is 43.1 Å². The zero-order chi connectivity index (χ0) is 27.9. The summed E-state index contributed by atoms with van der Waals surface area (Å²) in [6.07, 6.45) is 20.0. The Hall–Kier alpha value is -2.51. The van der Waals surface area contributed by atoms with E-state index in [4.69, 9.17) is 14.6 Å². The molecule has 216 valence electrons. The SMILES string of the molecule is COc1ccc(S(=O)(=O)n2cc(CCCCCCCCCCCCCCCCO)c3ccc(OC)cc32)cc1. The van der Waals surface area contributed by atoms with E-state index in [1.54, 1.807) is 50.7 Å². The van der Waals surface area contributed by atoms with Crippen LogP contribution in [0.15, 0.2) is 53.6 Å². The van der Waals surface area contributed by atoms with Crippen molar-refractivity contribution in [2.75, 3.05) is 20.8 Å². The van der Waals surface area contributed by atoms with Crippen LogP contribution in [0.2, 0.25) is 0 Å². The van der Waals surface area contributed by atoms with E-state index in [2.05, 4.69) is 0 Å². The molecule has 3 rings (SSSR count). The van der Waals surface area contributed by atoms with E-state index in [-0.39, 0.29) is 4.90 Å². The van der Waals surface area contributed by atoms with E-state index < -0.39 is 10.0 Å². The molecule has 0 saturated heterocycles. The molecule has 0 fully saturated rings. The van der Waals surface area contributed by atoms with Crippen LogP contribution >= 0.6 is 0 Å². The van der Waals surface area contributed by atoms with Crippen LogP contribution in [0.5, 0.6) is 11.5 Å². The van der Waals surface area contributed by atoms with Crippen molar-refractivity contribution < 1.29 is 23.0 Å². The lowest BCUT2D eigenvalue weighted by Gasteiger charge is -2.09. The molecule has 2 aromatic carbocycles. The molecule has 0 amide bonds. The number of aromatic nitrogens is 1. The van der Waals surface area contributed by atoms with Crippen molar-refractivity contribution >= 4 is 20.9 Å². The lowest BCUT2D eigenvalue weighted by atomic mass is 10.0. The number of hydrogen-bond acceptors (Lipinski definition) is 5. The number of fused-ring (bicyclic) bond motifs is 1. The van der Waals surface area contributed by atoms with Gasteiger partial charge in [0.1, 0.15) is 11.5 Å². The van der Waals surface area contributed by atoms with Gasteiger partial charge in [0.2, 0.25) is 0 Å². The highest BCUT2D eigenvalue weighted by Gasteiger charge is 2.22. The molecule has 1 heterocycles. The number of benzene rings is 2. The molecule has 1 N–H and O–H groups in total. The highest BCUT2D eigenvalue weighted by molar-refractivity contribution is 7.90. The van der Waals surface area contributed by atoms with Gasteiger partial charge >= 0.3 is 0 Å². The number of methoxy groups -OCH3 is 2. The average Bonchev–Trinajstić information content (AvgIpc) is 3.33. The zero-order valence-electron chi connectivity index (χ0n) is 23.9. The maximum absolute atomic E-state index is 13.5. The van der Waals surface area contributed by atoms with Crippen LogP contribution in [0.25, 0.3) is 10.9 Å². The first-order valence-corrected chi connectivity index (χ1v) is 16.1. The second-order valence-electron chi connectivity index (χ2n) is 10.4. The standard InChI is InChI=1S/C32H47NO5S/c1-37-28-18-21-30(22-19-28)39(35,36)33-26-27(31-23-20-29(38-2)25-32(31)33)17-15-13-11-9-7-5-3-4-6-8-10-12-14-16-24-34/h18-23,25-26,34H,3-17,24H2,1-2H3. The molecule has 39 heavy (non-hydrogen) atoms. The van der Waals surface area contributed by atoms with E-state index in [0.29, 0.717) is 23.6 Å². The number of aliphatic hydroxyl groups excluding tert-OH is 1. The third kappa shape index (κ3) is 9.28. The summed E-state index contributed by atoms with van der Waals surface area (Å²) in [7, 11) is -0.601. The number of aliphatic hydroxyl groups is 1. The Morgan fingerprint density at radius 1 is 0.667 bits per heavy atom. The molecule has 0 bridgehead atoms. The first-order valence-electron chi connectivity index (χ1n) is 14.7. The molecule has 7 heteroatoms. The van der Waals surface area contributed by atoms with Crippen LogP contribution in [0.3, 0.4) is 0 Å². The molecular weight excluding hydrogens is 510 g/mol. The zero-order valence-corrected chi connectivity index (χ0v) is 24.7. The Balaban J connectivity index is 1.47. The predicted octanol–water partition coefficient (Wildman–Crippen LogP) is 7.89. The minimum absolute atomic E-state index is 0.229. The summed E-state index contributed by atoms with van der Waals surface area (Å²) in [5.74, 6) is 1.26. The van der Waals surface area contributed by atoms with E-state index in [1.807, 2.05) is 12.1 Å². The summed E-state index contributed by atoms with van der Waals surface area (Å²) in [6, 6.07) is 12.2. The largest absolute Gasteiger partial charge is 0.497 e. The van der Waals surface area contributed by atoms with Gasteiger partial charge < -0.3 is 14.6 Å².